The third-order valence-corrected chi connectivity index (χ3v) is 2.54. The van der Waals surface area contributed by atoms with E-state index in [1.807, 2.05) is 0 Å². The quantitative estimate of drug-likeness (QED) is 0.878. The molecule has 1 aromatic heterocycles. The number of halogens is 1. The van der Waals surface area contributed by atoms with Gasteiger partial charge in [-0.05, 0) is 31.2 Å². The normalized spacial score (nSPS) is 12.1. The van der Waals surface area contributed by atoms with E-state index in [1.165, 1.54) is 18.4 Å². The van der Waals surface area contributed by atoms with Crippen LogP contribution >= 0.6 is 0 Å². The van der Waals surface area contributed by atoms with Crippen LogP contribution in [0.4, 0.5) is 4.39 Å². The van der Waals surface area contributed by atoms with Crippen molar-refractivity contribution in [3.63, 3.8) is 0 Å². The van der Waals surface area contributed by atoms with E-state index < -0.39 is 17.8 Å². The molecule has 0 spiro atoms. The van der Waals surface area contributed by atoms with E-state index in [0.29, 0.717) is 5.76 Å². The SMILES string of the molecule is CC(NC(=O)c1c(O)cccc1F)c1ccco1. The van der Waals surface area contributed by atoms with Crippen LogP contribution in [0, 0.1) is 5.82 Å². The van der Waals surface area contributed by atoms with Gasteiger partial charge in [-0.2, -0.15) is 0 Å². The number of carbonyl (C=O) groups excluding carboxylic acids is 1. The molecule has 1 amide bonds. The molecule has 1 aromatic carbocycles. The first-order valence-electron chi connectivity index (χ1n) is 5.41. The molecule has 2 N–H and O–H groups in total. The molecular formula is C13H12FNO3. The number of benzene rings is 1. The first-order valence-corrected chi connectivity index (χ1v) is 5.41. The number of carbonyl (C=O) groups is 1. The molecule has 94 valence electrons. The summed E-state index contributed by atoms with van der Waals surface area (Å²) in [5.41, 5.74) is -0.365. The minimum atomic E-state index is -0.765. The lowest BCUT2D eigenvalue weighted by molar-refractivity contribution is 0.0928. The van der Waals surface area contributed by atoms with Crippen LogP contribution in [0.15, 0.2) is 41.0 Å². The van der Waals surface area contributed by atoms with E-state index in [-0.39, 0.29) is 11.3 Å². The van der Waals surface area contributed by atoms with E-state index in [2.05, 4.69) is 5.32 Å². The van der Waals surface area contributed by atoms with E-state index in [0.717, 1.165) is 6.07 Å². The fourth-order valence-corrected chi connectivity index (χ4v) is 1.62. The highest BCUT2D eigenvalue weighted by atomic mass is 19.1. The molecule has 5 heteroatoms. The van der Waals surface area contributed by atoms with Crippen LogP contribution in [0.25, 0.3) is 0 Å². The van der Waals surface area contributed by atoms with Gasteiger partial charge in [0.05, 0.1) is 12.3 Å². The van der Waals surface area contributed by atoms with Gasteiger partial charge in [-0.3, -0.25) is 4.79 Å². The lowest BCUT2D eigenvalue weighted by Gasteiger charge is -2.12. The molecule has 1 heterocycles. The van der Waals surface area contributed by atoms with Crippen molar-refractivity contribution in [1.29, 1.82) is 0 Å². The molecule has 0 aliphatic rings. The third-order valence-electron chi connectivity index (χ3n) is 2.54. The minimum Gasteiger partial charge on any atom is -0.507 e. The van der Waals surface area contributed by atoms with Crippen LogP contribution in [0.3, 0.4) is 0 Å². The van der Waals surface area contributed by atoms with Crippen LogP contribution in [-0.4, -0.2) is 11.0 Å². The van der Waals surface area contributed by atoms with Crippen LogP contribution < -0.4 is 5.32 Å². The van der Waals surface area contributed by atoms with Gasteiger partial charge >= 0.3 is 0 Å². The van der Waals surface area contributed by atoms with Crippen molar-refractivity contribution in [2.45, 2.75) is 13.0 Å². The Kier molecular flexibility index (Phi) is 3.32. The summed E-state index contributed by atoms with van der Waals surface area (Å²) in [6, 6.07) is 6.69. The third kappa shape index (κ3) is 2.34. The van der Waals surface area contributed by atoms with Gasteiger partial charge < -0.3 is 14.8 Å². The van der Waals surface area contributed by atoms with Crippen molar-refractivity contribution in [1.82, 2.24) is 5.32 Å². The van der Waals surface area contributed by atoms with Crippen molar-refractivity contribution in [2.75, 3.05) is 0 Å². The number of hydrogen-bond acceptors (Lipinski definition) is 3. The fraction of sp³-hybridized carbons (Fsp3) is 0.154. The second-order valence-corrected chi connectivity index (χ2v) is 3.84. The van der Waals surface area contributed by atoms with Gasteiger partial charge in [0.2, 0.25) is 0 Å². The standard InChI is InChI=1S/C13H12FNO3/c1-8(11-6-3-7-18-11)15-13(17)12-9(14)4-2-5-10(12)16/h2-8,16H,1H3,(H,15,17). The molecule has 1 atom stereocenters. The number of amides is 1. The van der Waals surface area contributed by atoms with Crippen LogP contribution in [0.1, 0.15) is 29.1 Å². The number of phenols is 1. The topological polar surface area (TPSA) is 62.5 Å². The molecular weight excluding hydrogens is 237 g/mol. The first-order chi connectivity index (χ1) is 8.59. The molecule has 2 aromatic rings. The highest BCUT2D eigenvalue weighted by Gasteiger charge is 2.19. The van der Waals surface area contributed by atoms with Gasteiger partial charge in [0.15, 0.2) is 0 Å². The van der Waals surface area contributed by atoms with Crippen molar-refractivity contribution >= 4 is 5.91 Å². The molecule has 4 nitrogen and oxygen atoms in total. The molecule has 0 aliphatic carbocycles. The number of hydrogen-bond donors (Lipinski definition) is 2. The minimum absolute atomic E-state index is 0.365. The summed E-state index contributed by atoms with van der Waals surface area (Å²) < 4.78 is 18.6. The number of nitrogens with one attached hydrogen (secondary N) is 1. The predicted octanol–water partition coefficient (Wildman–Crippen LogP) is 2.62. The lowest BCUT2D eigenvalue weighted by atomic mass is 10.1. The van der Waals surface area contributed by atoms with E-state index in [1.54, 1.807) is 19.1 Å². The van der Waals surface area contributed by atoms with Gasteiger partial charge in [-0.15, -0.1) is 0 Å². The van der Waals surface area contributed by atoms with Crippen molar-refractivity contribution in [3.8, 4) is 5.75 Å². The molecule has 0 aliphatic heterocycles. The summed E-state index contributed by atoms with van der Waals surface area (Å²) in [5, 5.41) is 12.0. The highest BCUT2D eigenvalue weighted by Crippen LogP contribution is 2.21. The Morgan fingerprint density at radius 2 is 2.17 bits per heavy atom. The van der Waals surface area contributed by atoms with Crippen LogP contribution in [0.2, 0.25) is 0 Å². The maximum absolute atomic E-state index is 13.4. The zero-order chi connectivity index (χ0) is 13.1. The fourth-order valence-electron chi connectivity index (χ4n) is 1.62. The maximum Gasteiger partial charge on any atom is 0.258 e. The monoisotopic (exact) mass is 249 g/mol. The molecule has 0 radical (unpaired) electrons. The molecule has 18 heavy (non-hydrogen) atoms. The zero-order valence-corrected chi connectivity index (χ0v) is 9.68. The van der Waals surface area contributed by atoms with Gasteiger partial charge in [0.25, 0.3) is 5.91 Å². The largest absolute Gasteiger partial charge is 0.507 e. The Hall–Kier alpha value is -2.30. The van der Waals surface area contributed by atoms with Gasteiger partial charge in [0.1, 0.15) is 22.9 Å². The number of rotatable bonds is 3. The van der Waals surface area contributed by atoms with Crippen molar-refractivity contribution < 1.29 is 18.7 Å². The Morgan fingerprint density at radius 1 is 1.39 bits per heavy atom. The lowest BCUT2D eigenvalue weighted by Crippen LogP contribution is -2.27. The Bertz CT molecular complexity index is 531. The Balaban J connectivity index is 2.18. The summed E-state index contributed by atoms with van der Waals surface area (Å²) in [6.07, 6.45) is 1.48. The second kappa shape index (κ2) is 4.91. The molecule has 0 saturated carbocycles. The molecule has 0 bridgehead atoms. The molecule has 2 rings (SSSR count). The Morgan fingerprint density at radius 3 is 2.78 bits per heavy atom. The van der Waals surface area contributed by atoms with Crippen molar-refractivity contribution in [2.24, 2.45) is 0 Å². The number of aromatic hydroxyl groups is 1. The summed E-state index contributed by atoms with van der Waals surface area (Å²) in [7, 11) is 0. The molecule has 1 unspecified atom stereocenters. The summed E-state index contributed by atoms with van der Waals surface area (Å²) in [5.74, 6) is -1.29. The number of phenolic OH excluding ortho intramolecular Hbond substituents is 1. The Labute approximate surface area is 103 Å². The maximum atomic E-state index is 13.4. The van der Waals surface area contributed by atoms with Gasteiger partial charge in [0, 0.05) is 0 Å². The summed E-state index contributed by atoms with van der Waals surface area (Å²) in [4.78, 5) is 11.8. The van der Waals surface area contributed by atoms with E-state index >= 15 is 0 Å². The summed E-state index contributed by atoms with van der Waals surface area (Å²) >= 11 is 0. The zero-order valence-electron chi connectivity index (χ0n) is 9.68. The smallest absolute Gasteiger partial charge is 0.258 e. The summed E-state index contributed by atoms with van der Waals surface area (Å²) in [6.45, 7) is 1.70. The van der Waals surface area contributed by atoms with E-state index in [4.69, 9.17) is 4.42 Å². The second-order valence-electron chi connectivity index (χ2n) is 3.84. The predicted molar refractivity (Wildman–Crippen MR) is 62.7 cm³/mol. The van der Waals surface area contributed by atoms with Gasteiger partial charge in [-0.1, -0.05) is 6.07 Å². The van der Waals surface area contributed by atoms with E-state index in [9.17, 15) is 14.3 Å². The average molecular weight is 249 g/mol. The average Bonchev–Trinajstić information content (AvgIpc) is 2.81. The van der Waals surface area contributed by atoms with Crippen LogP contribution in [0.5, 0.6) is 5.75 Å². The number of furan rings is 1. The highest BCUT2D eigenvalue weighted by molar-refractivity contribution is 5.97. The molecule has 0 saturated heterocycles. The van der Waals surface area contributed by atoms with Gasteiger partial charge in [-0.25, -0.2) is 4.39 Å². The molecule has 0 fully saturated rings. The first kappa shape index (κ1) is 12.2. The van der Waals surface area contributed by atoms with Crippen LogP contribution in [-0.2, 0) is 0 Å². The van der Waals surface area contributed by atoms with Crippen molar-refractivity contribution in [3.05, 3.63) is 53.7 Å².